The van der Waals surface area contributed by atoms with Gasteiger partial charge in [-0.05, 0) is 25.8 Å². The highest BCUT2D eigenvalue weighted by molar-refractivity contribution is 5.85. The molecule has 5 nitrogen and oxygen atoms in total. The van der Waals surface area contributed by atoms with Gasteiger partial charge in [0.25, 0.3) is 0 Å². The zero-order valence-corrected chi connectivity index (χ0v) is 12.8. The molecule has 1 atom stereocenters. The lowest BCUT2D eigenvalue weighted by molar-refractivity contribution is -0.124. The number of hydrogen-bond donors (Lipinski definition) is 3. The SMILES string of the molecule is Cl.O=C(CCNC(=O)C1CCNC1)NC1CCCCC1. The summed E-state index contributed by atoms with van der Waals surface area (Å²) in [6.45, 7) is 2.13. The first-order chi connectivity index (χ1) is 9.25. The van der Waals surface area contributed by atoms with Crippen LogP contribution in [0, 0.1) is 5.92 Å². The van der Waals surface area contributed by atoms with Crippen LogP contribution in [0.25, 0.3) is 0 Å². The third kappa shape index (κ3) is 5.67. The number of halogens is 1. The van der Waals surface area contributed by atoms with E-state index in [-0.39, 0.29) is 30.1 Å². The quantitative estimate of drug-likeness (QED) is 0.709. The molecule has 6 heteroatoms. The first-order valence-corrected chi connectivity index (χ1v) is 7.53. The molecular weight excluding hydrogens is 278 g/mol. The number of amides is 2. The second kappa shape index (κ2) is 9.19. The van der Waals surface area contributed by atoms with E-state index in [1.807, 2.05) is 0 Å². The Balaban J connectivity index is 0.00000200. The highest BCUT2D eigenvalue weighted by Crippen LogP contribution is 2.17. The van der Waals surface area contributed by atoms with Crippen LogP contribution in [-0.2, 0) is 9.59 Å². The van der Waals surface area contributed by atoms with Crippen LogP contribution in [0.15, 0.2) is 0 Å². The third-order valence-electron chi connectivity index (χ3n) is 4.05. The maximum absolute atomic E-state index is 11.7. The standard InChI is InChI=1S/C14H25N3O2.ClH/c18-13(17-12-4-2-1-3-5-12)7-9-16-14(19)11-6-8-15-10-11;/h11-12,15H,1-10H2,(H,16,19)(H,17,18);1H. The zero-order valence-electron chi connectivity index (χ0n) is 12.0. The molecule has 1 aliphatic carbocycles. The van der Waals surface area contributed by atoms with E-state index in [0.29, 0.717) is 19.0 Å². The van der Waals surface area contributed by atoms with Crippen molar-refractivity contribution in [2.75, 3.05) is 19.6 Å². The highest BCUT2D eigenvalue weighted by atomic mass is 35.5. The average molecular weight is 304 g/mol. The molecule has 2 fully saturated rings. The summed E-state index contributed by atoms with van der Waals surface area (Å²) in [5, 5.41) is 9.08. The van der Waals surface area contributed by atoms with E-state index in [4.69, 9.17) is 0 Å². The van der Waals surface area contributed by atoms with Gasteiger partial charge in [0.15, 0.2) is 0 Å². The van der Waals surface area contributed by atoms with Crippen molar-refractivity contribution >= 4 is 24.2 Å². The number of carbonyl (C=O) groups is 2. The number of nitrogens with one attached hydrogen (secondary N) is 3. The summed E-state index contributed by atoms with van der Waals surface area (Å²) in [7, 11) is 0. The molecular formula is C14H26ClN3O2. The van der Waals surface area contributed by atoms with Crippen molar-refractivity contribution in [1.82, 2.24) is 16.0 Å². The Morgan fingerprint density at radius 1 is 1.10 bits per heavy atom. The van der Waals surface area contributed by atoms with E-state index in [2.05, 4.69) is 16.0 Å². The zero-order chi connectivity index (χ0) is 13.5. The molecule has 0 aromatic rings. The third-order valence-corrected chi connectivity index (χ3v) is 4.05. The Morgan fingerprint density at radius 3 is 2.50 bits per heavy atom. The first-order valence-electron chi connectivity index (χ1n) is 7.53. The number of rotatable bonds is 5. The molecule has 20 heavy (non-hydrogen) atoms. The summed E-state index contributed by atoms with van der Waals surface area (Å²) in [6, 6.07) is 0.357. The van der Waals surface area contributed by atoms with Crippen LogP contribution in [0.2, 0.25) is 0 Å². The van der Waals surface area contributed by atoms with Gasteiger partial charge < -0.3 is 16.0 Å². The molecule has 1 saturated heterocycles. The minimum Gasteiger partial charge on any atom is -0.355 e. The predicted molar refractivity (Wildman–Crippen MR) is 80.9 cm³/mol. The lowest BCUT2D eigenvalue weighted by atomic mass is 9.95. The second-order valence-electron chi connectivity index (χ2n) is 5.63. The monoisotopic (exact) mass is 303 g/mol. The molecule has 2 aliphatic rings. The molecule has 0 bridgehead atoms. The van der Waals surface area contributed by atoms with Crippen LogP contribution < -0.4 is 16.0 Å². The van der Waals surface area contributed by atoms with Crippen molar-refractivity contribution in [3.05, 3.63) is 0 Å². The molecule has 1 unspecified atom stereocenters. The smallest absolute Gasteiger partial charge is 0.224 e. The fourth-order valence-corrected chi connectivity index (χ4v) is 2.87. The van der Waals surface area contributed by atoms with Gasteiger partial charge in [0.2, 0.25) is 11.8 Å². The molecule has 116 valence electrons. The van der Waals surface area contributed by atoms with Crippen LogP contribution in [0.3, 0.4) is 0 Å². The van der Waals surface area contributed by atoms with Crippen molar-refractivity contribution in [3.63, 3.8) is 0 Å². The Morgan fingerprint density at radius 2 is 1.85 bits per heavy atom. The molecule has 2 rings (SSSR count). The van der Waals surface area contributed by atoms with Crippen LogP contribution in [0.1, 0.15) is 44.9 Å². The summed E-state index contributed by atoms with van der Waals surface area (Å²) in [4.78, 5) is 23.5. The first kappa shape index (κ1) is 17.2. The molecule has 1 saturated carbocycles. The normalized spacial score (nSPS) is 22.9. The Bertz CT molecular complexity index is 314. The van der Waals surface area contributed by atoms with Gasteiger partial charge in [0.1, 0.15) is 0 Å². The van der Waals surface area contributed by atoms with E-state index in [9.17, 15) is 9.59 Å². The number of hydrogen-bond acceptors (Lipinski definition) is 3. The van der Waals surface area contributed by atoms with Gasteiger partial charge in [0.05, 0.1) is 5.92 Å². The van der Waals surface area contributed by atoms with Crippen LogP contribution in [-0.4, -0.2) is 37.5 Å². The molecule has 0 aromatic carbocycles. The number of carbonyl (C=O) groups excluding carboxylic acids is 2. The van der Waals surface area contributed by atoms with Crippen molar-refractivity contribution in [2.24, 2.45) is 5.92 Å². The van der Waals surface area contributed by atoms with E-state index in [0.717, 1.165) is 32.4 Å². The van der Waals surface area contributed by atoms with E-state index in [1.165, 1.54) is 19.3 Å². The fourth-order valence-electron chi connectivity index (χ4n) is 2.87. The minimum atomic E-state index is 0. The Labute approximate surface area is 127 Å². The summed E-state index contributed by atoms with van der Waals surface area (Å²) in [5.74, 6) is 0.230. The van der Waals surface area contributed by atoms with Gasteiger partial charge in [-0.15, -0.1) is 12.4 Å². The van der Waals surface area contributed by atoms with Crippen molar-refractivity contribution in [2.45, 2.75) is 51.0 Å². The predicted octanol–water partition coefficient (Wildman–Crippen LogP) is 0.973. The van der Waals surface area contributed by atoms with E-state index < -0.39 is 0 Å². The highest BCUT2D eigenvalue weighted by Gasteiger charge is 2.22. The van der Waals surface area contributed by atoms with Crippen LogP contribution >= 0.6 is 12.4 Å². The summed E-state index contributed by atoms with van der Waals surface area (Å²) in [6.07, 6.45) is 7.23. The van der Waals surface area contributed by atoms with Crippen molar-refractivity contribution < 1.29 is 9.59 Å². The van der Waals surface area contributed by atoms with Gasteiger partial charge in [-0.25, -0.2) is 0 Å². The molecule has 0 aromatic heterocycles. The van der Waals surface area contributed by atoms with Crippen molar-refractivity contribution in [3.8, 4) is 0 Å². The molecule has 1 heterocycles. The lowest BCUT2D eigenvalue weighted by Crippen LogP contribution is -2.39. The van der Waals surface area contributed by atoms with Gasteiger partial charge in [-0.1, -0.05) is 19.3 Å². The average Bonchev–Trinajstić information content (AvgIpc) is 2.93. The van der Waals surface area contributed by atoms with Gasteiger partial charge in [-0.2, -0.15) is 0 Å². The molecule has 1 aliphatic heterocycles. The van der Waals surface area contributed by atoms with Gasteiger partial charge >= 0.3 is 0 Å². The Hall–Kier alpha value is -0.810. The summed E-state index contributed by atoms with van der Waals surface area (Å²) >= 11 is 0. The largest absolute Gasteiger partial charge is 0.355 e. The second-order valence-corrected chi connectivity index (χ2v) is 5.63. The van der Waals surface area contributed by atoms with Gasteiger partial charge in [-0.3, -0.25) is 9.59 Å². The van der Waals surface area contributed by atoms with Crippen LogP contribution in [0.4, 0.5) is 0 Å². The van der Waals surface area contributed by atoms with Gasteiger partial charge in [0, 0.05) is 25.6 Å². The maximum Gasteiger partial charge on any atom is 0.224 e. The van der Waals surface area contributed by atoms with Crippen LogP contribution in [0.5, 0.6) is 0 Å². The molecule has 2 amide bonds. The van der Waals surface area contributed by atoms with E-state index in [1.54, 1.807) is 0 Å². The lowest BCUT2D eigenvalue weighted by Gasteiger charge is -2.22. The maximum atomic E-state index is 11.7. The fraction of sp³-hybridized carbons (Fsp3) is 0.857. The molecule has 0 radical (unpaired) electrons. The minimum absolute atomic E-state index is 0. The summed E-state index contributed by atoms with van der Waals surface area (Å²) in [5.41, 5.74) is 0. The molecule has 0 spiro atoms. The summed E-state index contributed by atoms with van der Waals surface area (Å²) < 4.78 is 0. The van der Waals surface area contributed by atoms with E-state index >= 15 is 0 Å². The topological polar surface area (TPSA) is 70.2 Å². The Kier molecular flexibility index (Phi) is 7.92. The molecule has 3 N–H and O–H groups in total. The van der Waals surface area contributed by atoms with Crippen molar-refractivity contribution in [1.29, 1.82) is 0 Å².